The molecule has 0 unspecified atom stereocenters. The first-order chi connectivity index (χ1) is 13.0. The Bertz CT molecular complexity index is 1230. The van der Waals surface area contributed by atoms with Crippen molar-refractivity contribution in [1.82, 2.24) is 9.55 Å². The summed E-state index contributed by atoms with van der Waals surface area (Å²) in [7, 11) is 0. The van der Waals surface area contributed by atoms with E-state index in [4.69, 9.17) is 27.9 Å². The number of para-hydroxylation sites is 1. The third-order valence-electron chi connectivity index (χ3n) is 4.07. The number of rotatable bonds is 4. The van der Waals surface area contributed by atoms with Crippen LogP contribution in [0, 0.1) is 0 Å². The summed E-state index contributed by atoms with van der Waals surface area (Å²) in [6, 6.07) is 12.3. The van der Waals surface area contributed by atoms with Gasteiger partial charge in [-0.15, -0.1) is 11.3 Å². The van der Waals surface area contributed by atoms with Crippen LogP contribution in [-0.4, -0.2) is 22.1 Å². The summed E-state index contributed by atoms with van der Waals surface area (Å²) in [5.41, 5.74) is 0.456. The normalized spacial score (nSPS) is 11.2. The molecule has 0 aliphatic carbocycles. The lowest BCUT2D eigenvalue weighted by atomic mass is 10.2. The van der Waals surface area contributed by atoms with Gasteiger partial charge in [0, 0.05) is 15.1 Å². The van der Waals surface area contributed by atoms with Gasteiger partial charge in [-0.2, -0.15) is 0 Å². The molecule has 27 heavy (non-hydrogen) atoms. The van der Waals surface area contributed by atoms with E-state index in [0.717, 1.165) is 10.1 Å². The minimum absolute atomic E-state index is 0.0318. The van der Waals surface area contributed by atoms with Gasteiger partial charge in [-0.3, -0.25) is 9.36 Å². The van der Waals surface area contributed by atoms with Crippen LogP contribution in [0.5, 0.6) is 0 Å². The zero-order valence-corrected chi connectivity index (χ0v) is 16.1. The van der Waals surface area contributed by atoms with Gasteiger partial charge in [0.15, 0.2) is 0 Å². The van der Waals surface area contributed by atoms with Crippen molar-refractivity contribution in [2.45, 2.75) is 6.54 Å². The Balaban J connectivity index is 1.50. The summed E-state index contributed by atoms with van der Waals surface area (Å²) in [5.74, 6) is -0.529. The highest BCUT2D eigenvalue weighted by Gasteiger charge is 2.18. The third-order valence-corrected chi connectivity index (χ3v) is 5.95. The molecule has 0 saturated carbocycles. The Labute approximate surface area is 167 Å². The number of nitrogens with zero attached hydrogens (tertiary/aromatic N) is 2. The SMILES string of the molecule is O=C(OCCn1cnc2ccccc2c1=O)c1sc2cc(Cl)ccc2c1Cl. The molecule has 2 aromatic carbocycles. The van der Waals surface area contributed by atoms with Crippen LogP contribution >= 0.6 is 34.5 Å². The second-order valence-corrected chi connectivity index (χ2v) is 7.65. The Hall–Kier alpha value is -2.41. The molecule has 2 heterocycles. The molecule has 0 amide bonds. The molecule has 0 aliphatic heterocycles. The van der Waals surface area contributed by atoms with Crippen LogP contribution < -0.4 is 5.56 Å². The number of aromatic nitrogens is 2. The molecule has 0 bridgehead atoms. The standard InChI is InChI=1S/C19H12Cl2N2O3S/c20-11-5-6-13-15(9-11)27-17(16(13)21)19(25)26-8-7-23-10-22-14-4-2-1-3-12(14)18(23)24/h1-6,9-10H,7-8H2. The van der Waals surface area contributed by atoms with Gasteiger partial charge in [0.1, 0.15) is 11.5 Å². The van der Waals surface area contributed by atoms with E-state index in [1.165, 1.54) is 22.2 Å². The molecule has 2 aromatic heterocycles. The van der Waals surface area contributed by atoms with Gasteiger partial charge in [-0.1, -0.05) is 41.4 Å². The first kappa shape index (κ1) is 18.0. The van der Waals surface area contributed by atoms with E-state index in [0.29, 0.717) is 25.8 Å². The fourth-order valence-corrected chi connectivity index (χ4v) is 4.42. The van der Waals surface area contributed by atoms with Crippen LogP contribution in [0.3, 0.4) is 0 Å². The number of halogens is 2. The highest BCUT2D eigenvalue weighted by molar-refractivity contribution is 7.21. The van der Waals surface area contributed by atoms with Gasteiger partial charge in [-0.05, 0) is 24.3 Å². The van der Waals surface area contributed by atoms with Gasteiger partial charge in [0.2, 0.25) is 0 Å². The Kier molecular flexibility index (Phi) is 4.86. The van der Waals surface area contributed by atoms with E-state index >= 15 is 0 Å². The molecule has 4 rings (SSSR count). The number of benzene rings is 2. The molecule has 0 fully saturated rings. The largest absolute Gasteiger partial charge is 0.460 e. The second-order valence-electron chi connectivity index (χ2n) is 5.78. The maximum Gasteiger partial charge on any atom is 0.349 e. The number of thiophene rings is 1. The number of ether oxygens (including phenoxy) is 1. The maximum atomic E-state index is 12.4. The molecule has 8 heteroatoms. The number of fused-ring (bicyclic) bond motifs is 2. The van der Waals surface area contributed by atoms with Gasteiger partial charge in [0.25, 0.3) is 5.56 Å². The van der Waals surface area contributed by atoms with Crippen molar-refractivity contribution in [3.8, 4) is 0 Å². The van der Waals surface area contributed by atoms with E-state index < -0.39 is 5.97 Å². The highest BCUT2D eigenvalue weighted by atomic mass is 35.5. The molecular formula is C19H12Cl2N2O3S. The zero-order valence-electron chi connectivity index (χ0n) is 13.8. The second kappa shape index (κ2) is 7.31. The quantitative estimate of drug-likeness (QED) is 0.447. The predicted molar refractivity (Wildman–Crippen MR) is 108 cm³/mol. The fraction of sp³-hybridized carbons (Fsp3) is 0.105. The van der Waals surface area contributed by atoms with Gasteiger partial charge >= 0.3 is 5.97 Å². The van der Waals surface area contributed by atoms with E-state index in [-0.39, 0.29) is 18.7 Å². The van der Waals surface area contributed by atoms with E-state index in [9.17, 15) is 9.59 Å². The summed E-state index contributed by atoms with van der Waals surface area (Å²) in [6.07, 6.45) is 1.45. The predicted octanol–water partition coefficient (Wildman–Crippen LogP) is 4.78. The monoisotopic (exact) mass is 418 g/mol. The Morgan fingerprint density at radius 1 is 1.15 bits per heavy atom. The minimum Gasteiger partial charge on any atom is -0.460 e. The smallest absolute Gasteiger partial charge is 0.349 e. The van der Waals surface area contributed by atoms with Gasteiger partial charge in [0.05, 0.1) is 28.8 Å². The molecule has 0 aliphatic rings. The molecule has 5 nitrogen and oxygen atoms in total. The van der Waals surface area contributed by atoms with Crippen LogP contribution in [0.2, 0.25) is 10.0 Å². The van der Waals surface area contributed by atoms with Crippen LogP contribution in [0.1, 0.15) is 9.67 Å². The lowest BCUT2D eigenvalue weighted by Crippen LogP contribution is -2.23. The van der Waals surface area contributed by atoms with Gasteiger partial charge in [-0.25, -0.2) is 9.78 Å². The van der Waals surface area contributed by atoms with Crippen molar-refractivity contribution < 1.29 is 9.53 Å². The molecule has 0 radical (unpaired) electrons. The number of hydrogen-bond donors (Lipinski definition) is 0. The highest BCUT2D eigenvalue weighted by Crippen LogP contribution is 2.37. The van der Waals surface area contributed by atoms with Crippen molar-refractivity contribution in [2.75, 3.05) is 6.61 Å². The first-order valence-corrected chi connectivity index (χ1v) is 9.60. The lowest BCUT2D eigenvalue weighted by Gasteiger charge is -2.07. The summed E-state index contributed by atoms with van der Waals surface area (Å²) in [6.45, 7) is 0.237. The summed E-state index contributed by atoms with van der Waals surface area (Å²) < 4.78 is 7.54. The molecule has 4 aromatic rings. The van der Waals surface area contributed by atoms with Crippen molar-refractivity contribution >= 4 is 61.5 Å². The summed E-state index contributed by atoms with van der Waals surface area (Å²) in [5, 5.41) is 2.20. The molecule has 0 spiro atoms. The van der Waals surface area contributed by atoms with E-state index in [2.05, 4.69) is 4.98 Å². The van der Waals surface area contributed by atoms with Crippen LogP contribution in [-0.2, 0) is 11.3 Å². The van der Waals surface area contributed by atoms with Crippen molar-refractivity contribution in [3.05, 3.63) is 74.1 Å². The summed E-state index contributed by atoms with van der Waals surface area (Å²) >= 11 is 13.5. The Morgan fingerprint density at radius 2 is 1.96 bits per heavy atom. The zero-order chi connectivity index (χ0) is 19.0. The molecule has 0 atom stereocenters. The van der Waals surface area contributed by atoms with Gasteiger partial charge < -0.3 is 4.74 Å². The third kappa shape index (κ3) is 3.43. The van der Waals surface area contributed by atoms with Crippen molar-refractivity contribution in [2.24, 2.45) is 0 Å². The van der Waals surface area contributed by atoms with Crippen LogP contribution in [0.4, 0.5) is 0 Å². The lowest BCUT2D eigenvalue weighted by molar-refractivity contribution is 0.0496. The number of hydrogen-bond acceptors (Lipinski definition) is 5. The Morgan fingerprint density at radius 3 is 2.81 bits per heavy atom. The van der Waals surface area contributed by atoms with Crippen molar-refractivity contribution in [3.63, 3.8) is 0 Å². The first-order valence-electron chi connectivity index (χ1n) is 8.03. The topological polar surface area (TPSA) is 61.2 Å². The number of esters is 1. The number of carbonyl (C=O) groups is 1. The molecule has 0 N–H and O–H groups in total. The maximum absolute atomic E-state index is 12.4. The fourth-order valence-electron chi connectivity index (χ4n) is 2.74. The average molecular weight is 419 g/mol. The molecular weight excluding hydrogens is 407 g/mol. The summed E-state index contributed by atoms with van der Waals surface area (Å²) in [4.78, 5) is 29.4. The van der Waals surface area contributed by atoms with Crippen LogP contribution in [0.25, 0.3) is 21.0 Å². The van der Waals surface area contributed by atoms with Crippen LogP contribution in [0.15, 0.2) is 53.6 Å². The van der Waals surface area contributed by atoms with E-state index in [1.807, 2.05) is 6.07 Å². The minimum atomic E-state index is -0.529. The van der Waals surface area contributed by atoms with Crippen molar-refractivity contribution in [1.29, 1.82) is 0 Å². The molecule has 136 valence electrons. The molecule has 0 saturated heterocycles. The van der Waals surface area contributed by atoms with E-state index in [1.54, 1.807) is 36.4 Å². The average Bonchev–Trinajstić information content (AvgIpc) is 2.99. The number of carbonyl (C=O) groups excluding carboxylic acids is 1.